The molecule has 0 saturated carbocycles. The van der Waals surface area contributed by atoms with Crippen molar-refractivity contribution in [2.45, 2.75) is 39.2 Å². The van der Waals surface area contributed by atoms with E-state index in [0.29, 0.717) is 17.2 Å². The first-order valence-corrected chi connectivity index (χ1v) is 11.0. The van der Waals surface area contributed by atoms with Crippen LogP contribution < -0.4 is 5.32 Å². The second kappa shape index (κ2) is 8.37. The molecule has 2 heterocycles. The van der Waals surface area contributed by atoms with Crippen molar-refractivity contribution in [3.63, 3.8) is 0 Å². The summed E-state index contributed by atoms with van der Waals surface area (Å²) in [6.07, 6.45) is 2.23. The van der Waals surface area contributed by atoms with Gasteiger partial charge >= 0.3 is 0 Å². The van der Waals surface area contributed by atoms with Crippen LogP contribution in [0.3, 0.4) is 0 Å². The highest BCUT2D eigenvalue weighted by molar-refractivity contribution is 7.13. The van der Waals surface area contributed by atoms with Gasteiger partial charge < -0.3 is 9.88 Å². The highest BCUT2D eigenvalue weighted by atomic mass is 32.1. The van der Waals surface area contributed by atoms with Crippen LogP contribution >= 0.6 is 11.3 Å². The quantitative estimate of drug-likeness (QED) is 0.456. The zero-order valence-electron chi connectivity index (χ0n) is 17.8. The van der Waals surface area contributed by atoms with Crippen molar-refractivity contribution in [2.24, 2.45) is 0 Å². The Balaban J connectivity index is 1.61. The van der Waals surface area contributed by atoms with Gasteiger partial charge in [0.05, 0.1) is 23.7 Å². The van der Waals surface area contributed by atoms with Crippen molar-refractivity contribution in [3.8, 4) is 6.07 Å². The van der Waals surface area contributed by atoms with E-state index < -0.39 is 0 Å². The molecule has 6 heteroatoms. The Morgan fingerprint density at radius 3 is 2.65 bits per heavy atom. The van der Waals surface area contributed by atoms with Gasteiger partial charge in [0.2, 0.25) is 5.91 Å². The monoisotopic (exact) mass is 428 g/mol. The second-order valence-electron chi connectivity index (χ2n) is 8.62. The lowest BCUT2D eigenvalue weighted by Crippen LogP contribution is -2.15. The van der Waals surface area contributed by atoms with E-state index in [-0.39, 0.29) is 17.7 Å². The summed E-state index contributed by atoms with van der Waals surface area (Å²) in [6.45, 7) is 7.00. The summed E-state index contributed by atoms with van der Waals surface area (Å²) in [6, 6.07) is 18.0. The van der Waals surface area contributed by atoms with Crippen molar-refractivity contribution in [1.29, 1.82) is 5.26 Å². The molecule has 0 atom stereocenters. The highest BCUT2D eigenvalue weighted by Gasteiger charge is 2.19. The molecule has 0 saturated heterocycles. The van der Waals surface area contributed by atoms with Crippen LogP contribution in [0.2, 0.25) is 0 Å². The summed E-state index contributed by atoms with van der Waals surface area (Å²) < 4.78 is 2.13. The SMILES string of the molecule is CC(C)(C)c1csc(NC(=O)Cc2cn(Cc3ccccc3)c3ccc(C#N)cc23)n1. The lowest BCUT2D eigenvalue weighted by molar-refractivity contribution is -0.115. The molecule has 1 N–H and O–H groups in total. The zero-order valence-corrected chi connectivity index (χ0v) is 18.7. The van der Waals surface area contributed by atoms with Gasteiger partial charge in [0, 0.05) is 34.4 Å². The maximum Gasteiger partial charge on any atom is 0.230 e. The van der Waals surface area contributed by atoms with E-state index >= 15 is 0 Å². The number of anilines is 1. The number of aromatic nitrogens is 2. The molecular formula is C25H24N4OS. The maximum absolute atomic E-state index is 12.8. The third kappa shape index (κ3) is 4.68. The number of rotatable bonds is 5. The van der Waals surface area contributed by atoms with Gasteiger partial charge in [-0.15, -0.1) is 11.3 Å². The molecule has 5 nitrogen and oxygen atoms in total. The molecule has 4 aromatic rings. The Bertz CT molecular complexity index is 1270. The second-order valence-corrected chi connectivity index (χ2v) is 9.48. The molecule has 0 aliphatic rings. The molecule has 0 aliphatic carbocycles. The molecule has 0 radical (unpaired) electrons. The number of fused-ring (bicyclic) bond motifs is 1. The predicted molar refractivity (Wildman–Crippen MR) is 125 cm³/mol. The van der Waals surface area contributed by atoms with Crippen LogP contribution in [0.25, 0.3) is 10.9 Å². The fourth-order valence-electron chi connectivity index (χ4n) is 3.50. The van der Waals surface area contributed by atoms with Gasteiger partial charge in [0.1, 0.15) is 0 Å². The van der Waals surface area contributed by atoms with E-state index in [1.807, 2.05) is 48.0 Å². The summed E-state index contributed by atoms with van der Waals surface area (Å²) in [5, 5.41) is 15.8. The molecule has 0 fully saturated rings. The fourth-order valence-corrected chi connectivity index (χ4v) is 4.46. The molecule has 31 heavy (non-hydrogen) atoms. The van der Waals surface area contributed by atoms with E-state index in [0.717, 1.165) is 22.2 Å². The van der Waals surface area contributed by atoms with Gasteiger partial charge in [-0.25, -0.2) is 4.98 Å². The highest BCUT2D eigenvalue weighted by Crippen LogP contribution is 2.27. The first kappa shape index (κ1) is 20.8. The zero-order chi connectivity index (χ0) is 22.0. The normalized spacial score (nSPS) is 11.4. The Hall–Kier alpha value is -3.43. The van der Waals surface area contributed by atoms with Gasteiger partial charge in [-0.05, 0) is 29.3 Å². The van der Waals surface area contributed by atoms with Crippen LogP contribution in [0.1, 0.15) is 43.2 Å². The minimum Gasteiger partial charge on any atom is -0.343 e. The molecule has 2 aromatic carbocycles. The summed E-state index contributed by atoms with van der Waals surface area (Å²) in [7, 11) is 0. The van der Waals surface area contributed by atoms with Gasteiger partial charge in [-0.1, -0.05) is 51.1 Å². The number of thiazole rings is 1. The number of hydrogen-bond donors (Lipinski definition) is 1. The van der Waals surface area contributed by atoms with E-state index in [4.69, 9.17) is 0 Å². The van der Waals surface area contributed by atoms with Crippen LogP contribution in [0.4, 0.5) is 5.13 Å². The minimum atomic E-state index is -0.115. The Labute approximate surface area is 186 Å². The smallest absolute Gasteiger partial charge is 0.230 e. The van der Waals surface area contributed by atoms with Crippen molar-refractivity contribution in [2.75, 3.05) is 5.32 Å². The van der Waals surface area contributed by atoms with Crippen molar-refractivity contribution >= 4 is 33.3 Å². The third-order valence-electron chi connectivity index (χ3n) is 5.16. The number of benzene rings is 2. The molecular weight excluding hydrogens is 404 g/mol. The summed E-state index contributed by atoms with van der Waals surface area (Å²) >= 11 is 1.44. The summed E-state index contributed by atoms with van der Waals surface area (Å²) in [5.74, 6) is -0.115. The fraction of sp³-hybridized carbons (Fsp3) is 0.240. The van der Waals surface area contributed by atoms with Crippen LogP contribution in [0.15, 0.2) is 60.1 Å². The van der Waals surface area contributed by atoms with E-state index in [9.17, 15) is 10.1 Å². The Morgan fingerprint density at radius 2 is 1.97 bits per heavy atom. The molecule has 4 rings (SSSR count). The van der Waals surface area contributed by atoms with Crippen molar-refractivity contribution in [1.82, 2.24) is 9.55 Å². The number of nitrogens with one attached hydrogen (secondary N) is 1. The first-order valence-electron chi connectivity index (χ1n) is 10.1. The van der Waals surface area contributed by atoms with Gasteiger partial charge in [0.15, 0.2) is 5.13 Å². The lowest BCUT2D eigenvalue weighted by Gasteiger charge is -2.14. The van der Waals surface area contributed by atoms with Crippen molar-refractivity contribution in [3.05, 3.63) is 82.5 Å². The Morgan fingerprint density at radius 1 is 1.19 bits per heavy atom. The minimum absolute atomic E-state index is 0.0575. The summed E-state index contributed by atoms with van der Waals surface area (Å²) in [5.41, 5.74) is 4.57. The number of hydrogen-bond acceptors (Lipinski definition) is 4. The van der Waals surface area contributed by atoms with Crippen LogP contribution in [-0.2, 0) is 23.2 Å². The topological polar surface area (TPSA) is 70.7 Å². The molecule has 156 valence electrons. The summed E-state index contributed by atoms with van der Waals surface area (Å²) in [4.78, 5) is 17.3. The third-order valence-corrected chi connectivity index (χ3v) is 5.92. The molecule has 0 spiro atoms. The van der Waals surface area contributed by atoms with Crippen LogP contribution in [0.5, 0.6) is 0 Å². The number of carbonyl (C=O) groups is 1. The van der Waals surface area contributed by atoms with Crippen LogP contribution in [0, 0.1) is 11.3 Å². The Kier molecular flexibility index (Phi) is 5.62. The number of nitriles is 1. The van der Waals surface area contributed by atoms with Crippen molar-refractivity contribution < 1.29 is 4.79 Å². The van der Waals surface area contributed by atoms with E-state index in [1.165, 1.54) is 16.9 Å². The standard InChI is InChI=1S/C25H24N4OS/c1-25(2,3)22-16-31-24(27-22)28-23(30)12-19-15-29(14-17-7-5-4-6-8-17)21-10-9-18(13-26)11-20(19)21/h4-11,15-16H,12,14H2,1-3H3,(H,27,28,30). The largest absolute Gasteiger partial charge is 0.343 e. The average molecular weight is 429 g/mol. The molecule has 1 amide bonds. The molecule has 2 aromatic heterocycles. The molecule has 0 aliphatic heterocycles. The van der Waals surface area contributed by atoms with E-state index in [1.54, 1.807) is 0 Å². The average Bonchev–Trinajstić information content (AvgIpc) is 3.34. The predicted octanol–water partition coefficient (Wildman–Crippen LogP) is 5.50. The molecule has 0 unspecified atom stereocenters. The number of amides is 1. The van der Waals surface area contributed by atoms with Crippen LogP contribution in [-0.4, -0.2) is 15.5 Å². The van der Waals surface area contributed by atoms with Gasteiger partial charge in [-0.2, -0.15) is 5.26 Å². The first-order chi connectivity index (χ1) is 14.8. The number of nitrogens with zero attached hydrogens (tertiary/aromatic N) is 3. The number of carbonyl (C=O) groups excluding carboxylic acids is 1. The lowest BCUT2D eigenvalue weighted by atomic mass is 9.93. The van der Waals surface area contributed by atoms with Gasteiger partial charge in [0.25, 0.3) is 0 Å². The van der Waals surface area contributed by atoms with E-state index in [2.05, 4.69) is 53.8 Å². The molecule has 0 bridgehead atoms. The maximum atomic E-state index is 12.8. The van der Waals surface area contributed by atoms with Gasteiger partial charge in [-0.3, -0.25) is 4.79 Å².